The summed E-state index contributed by atoms with van der Waals surface area (Å²) in [6.45, 7) is 4.27. The highest BCUT2D eigenvalue weighted by atomic mass is 16.2. The Morgan fingerprint density at radius 3 is 2.81 bits per heavy atom. The van der Waals surface area contributed by atoms with Crippen LogP contribution in [0.4, 0.5) is 5.69 Å². The van der Waals surface area contributed by atoms with Gasteiger partial charge < -0.3 is 10.6 Å². The van der Waals surface area contributed by atoms with Gasteiger partial charge in [0, 0.05) is 24.4 Å². The standard InChI is InChI=1S/C22H24N2O2/c1-13-7-8-15-10-14(2)22(18(15)9-13)24-21(26)12-16-11-20(25)23-19-6-4-3-5-17(16)19/h3-9,14,16,22H,10-12H2,1-2H3,(H,23,25)(H,24,26)/t14-,16?,22+/m1/s1. The quantitative estimate of drug-likeness (QED) is 0.885. The smallest absolute Gasteiger partial charge is 0.225 e. The maximum Gasteiger partial charge on any atom is 0.225 e. The van der Waals surface area contributed by atoms with Gasteiger partial charge in [0.05, 0.1) is 6.04 Å². The predicted molar refractivity (Wildman–Crippen MR) is 102 cm³/mol. The second kappa shape index (κ2) is 6.60. The number of para-hydroxylation sites is 1. The third kappa shape index (κ3) is 3.12. The van der Waals surface area contributed by atoms with Crippen molar-refractivity contribution in [3.8, 4) is 0 Å². The molecule has 0 bridgehead atoms. The molecular formula is C22H24N2O2. The van der Waals surface area contributed by atoms with Crippen LogP contribution in [0.5, 0.6) is 0 Å². The van der Waals surface area contributed by atoms with Crippen LogP contribution >= 0.6 is 0 Å². The number of carbonyl (C=O) groups is 2. The first-order valence-electron chi connectivity index (χ1n) is 9.29. The normalized spacial score (nSPS) is 23.8. The summed E-state index contributed by atoms with van der Waals surface area (Å²) < 4.78 is 0. The number of hydrogen-bond donors (Lipinski definition) is 2. The monoisotopic (exact) mass is 348 g/mol. The lowest BCUT2D eigenvalue weighted by Crippen LogP contribution is -2.33. The maximum absolute atomic E-state index is 12.8. The average molecular weight is 348 g/mol. The second-order valence-electron chi connectivity index (χ2n) is 7.67. The molecule has 1 unspecified atom stereocenters. The van der Waals surface area contributed by atoms with Crippen molar-refractivity contribution >= 4 is 17.5 Å². The average Bonchev–Trinajstić information content (AvgIpc) is 2.90. The van der Waals surface area contributed by atoms with Crippen LogP contribution in [0.15, 0.2) is 42.5 Å². The van der Waals surface area contributed by atoms with Gasteiger partial charge in [-0.1, -0.05) is 48.9 Å². The Labute approximate surface area is 154 Å². The van der Waals surface area contributed by atoms with E-state index in [9.17, 15) is 9.59 Å². The number of rotatable bonds is 3. The molecule has 4 rings (SSSR count). The van der Waals surface area contributed by atoms with Gasteiger partial charge in [-0.25, -0.2) is 0 Å². The van der Waals surface area contributed by atoms with Gasteiger partial charge in [-0.2, -0.15) is 0 Å². The summed E-state index contributed by atoms with van der Waals surface area (Å²) in [5.41, 5.74) is 5.67. The van der Waals surface area contributed by atoms with E-state index in [1.807, 2.05) is 24.3 Å². The lowest BCUT2D eigenvalue weighted by Gasteiger charge is -2.26. The zero-order chi connectivity index (χ0) is 18.3. The van der Waals surface area contributed by atoms with Gasteiger partial charge in [0.1, 0.15) is 0 Å². The van der Waals surface area contributed by atoms with Gasteiger partial charge in [-0.15, -0.1) is 0 Å². The third-order valence-corrected chi connectivity index (χ3v) is 5.60. The molecule has 0 saturated heterocycles. The first-order chi connectivity index (χ1) is 12.5. The molecule has 0 aromatic heterocycles. The number of nitrogens with one attached hydrogen (secondary N) is 2. The largest absolute Gasteiger partial charge is 0.349 e. The number of carbonyl (C=O) groups excluding carboxylic acids is 2. The molecule has 4 heteroatoms. The van der Waals surface area contributed by atoms with Crippen LogP contribution in [0.3, 0.4) is 0 Å². The molecule has 4 nitrogen and oxygen atoms in total. The number of aryl methyl sites for hydroxylation is 1. The van der Waals surface area contributed by atoms with Crippen molar-refractivity contribution in [3.05, 3.63) is 64.7 Å². The summed E-state index contributed by atoms with van der Waals surface area (Å²) in [7, 11) is 0. The van der Waals surface area contributed by atoms with E-state index in [-0.39, 0.29) is 23.8 Å². The fourth-order valence-electron chi connectivity index (χ4n) is 4.32. The zero-order valence-corrected chi connectivity index (χ0v) is 15.2. The van der Waals surface area contributed by atoms with E-state index in [2.05, 4.69) is 42.7 Å². The molecule has 1 aliphatic heterocycles. The minimum absolute atomic E-state index is 0.0169. The van der Waals surface area contributed by atoms with Gasteiger partial charge in [0.15, 0.2) is 0 Å². The summed E-state index contributed by atoms with van der Waals surface area (Å²) in [4.78, 5) is 24.8. The highest BCUT2D eigenvalue weighted by Gasteiger charge is 2.32. The van der Waals surface area contributed by atoms with Crippen molar-refractivity contribution in [3.63, 3.8) is 0 Å². The molecule has 1 heterocycles. The van der Waals surface area contributed by atoms with Crippen molar-refractivity contribution in [2.75, 3.05) is 5.32 Å². The molecule has 1 aliphatic carbocycles. The Hall–Kier alpha value is -2.62. The van der Waals surface area contributed by atoms with E-state index in [4.69, 9.17) is 0 Å². The first-order valence-corrected chi connectivity index (χ1v) is 9.29. The van der Waals surface area contributed by atoms with Crippen LogP contribution < -0.4 is 10.6 Å². The molecule has 0 spiro atoms. The van der Waals surface area contributed by atoms with Crippen LogP contribution in [0.25, 0.3) is 0 Å². The molecule has 0 radical (unpaired) electrons. The van der Waals surface area contributed by atoms with Crippen molar-refractivity contribution < 1.29 is 9.59 Å². The molecule has 26 heavy (non-hydrogen) atoms. The van der Waals surface area contributed by atoms with Gasteiger partial charge >= 0.3 is 0 Å². The van der Waals surface area contributed by atoms with E-state index in [0.29, 0.717) is 18.8 Å². The number of hydrogen-bond acceptors (Lipinski definition) is 2. The Bertz CT molecular complexity index is 874. The van der Waals surface area contributed by atoms with Crippen LogP contribution in [-0.2, 0) is 16.0 Å². The van der Waals surface area contributed by atoms with E-state index < -0.39 is 0 Å². The van der Waals surface area contributed by atoms with E-state index in [1.54, 1.807) is 0 Å². The topological polar surface area (TPSA) is 58.2 Å². The number of amides is 2. The van der Waals surface area contributed by atoms with Gasteiger partial charge in [0.2, 0.25) is 11.8 Å². The molecule has 2 aromatic rings. The summed E-state index contributed by atoms with van der Waals surface area (Å²) >= 11 is 0. The lowest BCUT2D eigenvalue weighted by molar-refractivity contribution is -0.122. The van der Waals surface area contributed by atoms with Crippen LogP contribution in [0.1, 0.15) is 54.0 Å². The first kappa shape index (κ1) is 16.8. The van der Waals surface area contributed by atoms with Crippen molar-refractivity contribution in [2.24, 2.45) is 5.92 Å². The van der Waals surface area contributed by atoms with Gasteiger partial charge in [-0.3, -0.25) is 9.59 Å². The minimum Gasteiger partial charge on any atom is -0.349 e. The highest BCUT2D eigenvalue weighted by molar-refractivity contribution is 5.95. The van der Waals surface area contributed by atoms with Gasteiger partial charge in [0.25, 0.3) is 0 Å². The number of benzene rings is 2. The summed E-state index contributed by atoms with van der Waals surface area (Å²) in [6, 6.07) is 14.3. The summed E-state index contributed by atoms with van der Waals surface area (Å²) in [6.07, 6.45) is 1.70. The molecule has 134 valence electrons. The summed E-state index contributed by atoms with van der Waals surface area (Å²) in [5.74, 6) is 0.328. The maximum atomic E-state index is 12.8. The molecular weight excluding hydrogens is 324 g/mol. The Morgan fingerprint density at radius 1 is 1.15 bits per heavy atom. The molecule has 2 aromatic carbocycles. The van der Waals surface area contributed by atoms with Crippen molar-refractivity contribution in [1.29, 1.82) is 0 Å². The highest BCUT2D eigenvalue weighted by Crippen LogP contribution is 2.38. The Kier molecular flexibility index (Phi) is 4.27. The fourth-order valence-corrected chi connectivity index (χ4v) is 4.32. The van der Waals surface area contributed by atoms with E-state index >= 15 is 0 Å². The summed E-state index contributed by atoms with van der Waals surface area (Å²) in [5, 5.41) is 6.13. The van der Waals surface area contributed by atoms with Crippen LogP contribution in [0, 0.1) is 12.8 Å². The molecule has 2 aliphatic rings. The predicted octanol–water partition coefficient (Wildman–Crippen LogP) is 3.86. The van der Waals surface area contributed by atoms with E-state index in [1.165, 1.54) is 16.7 Å². The second-order valence-corrected chi connectivity index (χ2v) is 7.67. The van der Waals surface area contributed by atoms with Crippen molar-refractivity contribution in [2.45, 2.75) is 45.1 Å². The fraction of sp³-hybridized carbons (Fsp3) is 0.364. The van der Waals surface area contributed by atoms with Gasteiger partial charge in [-0.05, 0) is 42.0 Å². The Morgan fingerprint density at radius 2 is 1.96 bits per heavy atom. The molecule has 0 fully saturated rings. The molecule has 2 N–H and O–H groups in total. The number of anilines is 1. The lowest BCUT2D eigenvalue weighted by atomic mass is 9.87. The minimum atomic E-state index is -0.0614. The van der Waals surface area contributed by atoms with Crippen molar-refractivity contribution in [1.82, 2.24) is 5.32 Å². The number of fused-ring (bicyclic) bond motifs is 2. The molecule has 3 atom stereocenters. The third-order valence-electron chi connectivity index (χ3n) is 5.60. The molecule has 2 amide bonds. The Balaban J connectivity index is 1.50. The zero-order valence-electron chi connectivity index (χ0n) is 15.2. The van der Waals surface area contributed by atoms with E-state index in [0.717, 1.165) is 17.7 Å². The SMILES string of the molecule is Cc1ccc2c(c1)[C@@H](NC(=O)CC1CC(=O)Nc3ccccc31)[C@H](C)C2. The van der Waals surface area contributed by atoms with Crippen LogP contribution in [-0.4, -0.2) is 11.8 Å². The molecule has 0 saturated carbocycles. The van der Waals surface area contributed by atoms with Crippen LogP contribution in [0.2, 0.25) is 0 Å².